The Morgan fingerprint density at radius 1 is 1.50 bits per heavy atom. The van der Waals surface area contributed by atoms with E-state index in [1.165, 1.54) is 0 Å². The summed E-state index contributed by atoms with van der Waals surface area (Å²) in [5.41, 5.74) is 3.09. The topological polar surface area (TPSA) is 91.1 Å². The maximum absolute atomic E-state index is 11.4. The molecule has 6 nitrogen and oxygen atoms in total. The van der Waals surface area contributed by atoms with Gasteiger partial charge in [0.05, 0.1) is 6.42 Å². The minimum Gasteiger partial charge on any atom is -0.481 e. The molecule has 0 saturated carbocycles. The summed E-state index contributed by atoms with van der Waals surface area (Å²) in [5, 5.41) is 12.7. The minimum absolute atomic E-state index is 0.272. The predicted molar refractivity (Wildman–Crippen MR) is 78.3 cm³/mol. The summed E-state index contributed by atoms with van der Waals surface area (Å²) >= 11 is 6.79. The number of hydrazone groups is 1. The molecule has 2 N–H and O–H groups in total. The van der Waals surface area contributed by atoms with E-state index < -0.39 is 17.1 Å². The molecule has 0 saturated heterocycles. The summed E-state index contributed by atoms with van der Waals surface area (Å²) in [6.07, 6.45) is 1.30. The molecule has 0 fully saturated rings. The van der Waals surface area contributed by atoms with Crippen molar-refractivity contribution in [3.63, 3.8) is 0 Å². The number of carbonyl (C=O) groups excluding carboxylic acids is 1. The first-order chi connectivity index (χ1) is 9.54. The Kier molecular flexibility index (Phi) is 4.75. The van der Waals surface area contributed by atoms with Gasteiger partial charge in [0.1, 0.15) is 5.25 Å². The zero-order chi connectivity index (χ0) is 14.5. The fraction of sp³-hybridized carbons (Fsp3) is 0.167. The highest BCUT2D eigenvalue weighted by molar-refractivity contribution is 8.15. The average Bonchev–Trinajstić information content (AvgIpc) is 2.41. The molecule has 104 valence electrons. The highest BCUT2D eigenvalue weighted by Gasteiger charge is 2.27. The zero-order valence-electron chi connectivity index (χ0n) is 10.1. The fourth-order valence-electron chi connectivity index (χ4n) is 1.41. The van der Waals surface area contributed by atoms with E-state index in [-0.39, 0.29) is 6.42 Å². The largest absolute Gasteiger partial charge is 0.481 e. The second-order valence-electron chi connectivity index (χ2n) is 3.88. The van der Waals surface area contributed by atoms with Crippen LogP contribution in [0, 0.1) is 0 Å². The number of halogens is 1. The number of nitrogens with zero attached hydrogens (tertiary/aromatic N) is 2. The van der Waals surface area contributed by atoms with Crippen LogP contribution in [-0.2, 0) is 9.59 Å². The van der Waals surface area contributed by atoms with Crippen LogP contribution in [0.15, 0.2) is 34.4 Å². The van der Waals surface area contributed by atoms with Gasteiger partial charge in [-0.05, 0) is 17.7 Å². The van der Waals surface area contributed by atoms with E-state index in [0.717, 1.165) is 17.3 Å². The number of rotatable bonds is 3. The number of aliphatic carboxylic acids is 1. The van der Waals surface area contributed by atoms with Crippen molar-refractivity contribution in [2.75, 3.05) is 0 Å². The molecule has 0 aromatic heterocycles. The molecule has 8 heteroatoms. The predicted octanol–water partition coefficient (Wildman–Crippen LogP) is 1.74. The molecule has 0 bridgehead atoms. The van der Waals surface area contributed by atoms with E-state index in [4.69, 9.17) is 16.7 Å². The fourth-order valence-corrected chi connectivity index (χ4v) is 2.39. The first-order valence-electron chi connectivity index (χ1n) is 5.60. The quantitative estimate of drug-likeness (QED) is 0.832. The van der Waals surface area contributed by atoms with Gasteiger partial charge in [0.2, 0.25) is 5.17 Å². The summed E-state index contributed by atoms with van der Waals surface area (Å²) in [4.78, 5) is 26.2. The zero-order valence-corrected chi connectivity index (χ0v) is 11.7. The van der Waals surface area contributed by atoms with E-state index in [0.29, 0.717) is 10.2 Å². The van der Waals surface area contributed by atoms with Crippen molar-refractivity contribution in [3.8, 4) is 0 Å². The van der Waals surface area contributed by atoms with Gasteiger partial charge in [0.25, 0.3) is 5.91 Å². The van der Waals surface area contributed by atoms with Gasteiger partial charge < -0.3 is 5.11 Å². The number of thioether (sulfide) groups is 1. The van der Waals surface area contributed by atoms with Gasteiger partial charge in [-0.1, -0.05) is 35.5 Å². The first kappa shape index (κ1) is 14.5. The van der Waals surface area contributed by atoms with Gasteiger partial charge in [0, 0.05) is 11.2 Å². The van der Waals surface area contributed by atoms with Gasteiger partial charge in [-0.25, -0.2) is 10.4 Å². The summed E-state index contributed by atoms with van der Waals surface area (Å²) in [5.74, 6) is -1.47. The molecule has 2 rings (SSSR count). The lowest BCUT2D eigenvalue weighted by atomic mass is 10.2. The number of aliphatic imine (C=N–C) groups is 1. The Balaban J connectivity index is 2.04. The molecule has 1 amide bonds. The Morgan fingerprint density at radius 3 is 2.85 bits per heavy atom. The SMILES string of the molecule is O=C(O)CC1SC(/N=C/c2ccc(Cl)cc2)=NNC1=O. The Hall–Kier alpha value is -1.86. The maximum atomic E-state index is 11.4. The van der Waals surface area contributed by atoms with E-state index in [1.807, 2.05) is 0 Å². The Labute approximate surface area is 123 Å². The monoisotopic (exact) mass is 311 g/mol. The number of benzene rings is 1. The van der Waals surface area contributed by atoms with Gasteiger partial charge in [-0.2, -0.15) is 0 Å². The lowest BCUT2D eigenvalue weighted by Crippen LogP contribution is -2.35. The highest BCUT2D eigenvalue weighted by atomic mass is 35.5. The molecular weight excluding hydrogens is 302 g/mol. The van der Waals surface area contributed by atoms with Crippen molar-refractivity contribution in [2.24, 2.45) is 10.1 Å². The molecule has 0 spiro atoms. The average molecular weight is 312 g/mol. The van der Waals surface area contributed by atoms with Crippen molar-refractivity contribution in [2.45, 2.75) is 11.7 Å². The van der Waals surface area contributed by atoms with E-state index >= 15 is 0 Å². The number of nitrogens with one attached hydrogen (secondary N) is 1. The molecule has 0 radical (unpaired) electrons. The molecule has 0 aliphatic carbocycles. The van der Waals surface area contributed by atoms with E-state index in [2.05, 4.69) is 15.5 Å². The molecule has 1 atom stereocenters. The number of carbonyl (C=O) groups is 2. The van der Waals surface area contributed by atoms with Gasteiger partial charge >= 0.3 is 5.97 Å². The van der Waals surface area contributed by atoms with Crippen LogP contribution >= 0.6 is 23.4 Å². The number of amidine groups is 1. The molecular formula is C12H10ClN3O3S. The highest BCUT2D eigenvalue weighted by Crippen LogP contribution is 2.21. The van der Waals surface area contributed by atoms with Crippen LogP contribution in [0.25, 0.3) is 0 Å². The number of carboxylic acids is 1. The van der Waals surface area contributed by atoms with E-state index in [9.17, 15) is 9.59 Å². The standard InChI is InChI=1S/C12H10ClN3O3S/c13-8-3-1-7(2-4-8)6-14-12-16-15-11(19)9(20-12)5-10(17)18/h1-4,6,9H,5H2,(H,15,19)(H,17,18)/b14-6+. The lowest BCUT2D eigenvalue weighted by molar-refractivity contribution is -0.138. The first-order valence-corrected chi connectivity index (χ1v) is 6.86. The summed E-state index contributed by atoms with van der Waals surface area (Å²) < 4.78 is 0. The molecule has 1 aromatic rings. The van der Waals surface area contributed by atoms with Crippen LogP contribution in [0.5, 0.6) is 0 Å². The van der Waals surface area contributed by atoms with Crippen molar-refractivity contribution in [1.82, 2.24) is 5.43 Å². The van der Waals surface area contributed by atoms with Crippen LogP contribution in [0.3, 0.4) is 0 Å². The summed E-state index contributed by atoms with van der Waals surface area (Å²) in [6.45, 7) is 0. The number of hydrogen-bond donors (Lipinski definition) is 2. The van der Waals surface area contributed by atoms with Crippen molar-refractivity contribution in [1.29, 1.82) is 0 Å². The minimum atomic E-state index is -1.04. The van der Waals surface area contributed by atoms with Crippen molar-refractivity contribution >= 4 is 46.6 Å². The van der Waals surface area contributed by atoms with Crippen LogP contribution in [0.4, 0.5) is 0 Å². The number of hydrogen-bond acceptors (Lipinski definition) is 5. The Bertz CT molecular complexity index is 586. The number of carboxylic acid groups (broad SMARTS) is 1. The summed E-state index contributed by atoms with van der Waals surface area (Å²) in [6, 6.07) is 7.03. The third-order valence-corrected chi connectivity index (χ3v) is 3.68. The van der Waals surface area contributed by atoms with Gasteiger partial charge in [0.15, 0.2) is 0 Å². The molecule has 20 heavy (non-hydrogen) atoms. The van der Waals surface area contributed by atoms with Crippen LogP contribution in [-0.4, -0.2) is 33.6 Å². The third-order valence-electron chi connectivity index (χ3n) is 2.36. The van der Waals surface area contributed by atoms with Crippen LogP contribution < -0.4 is 5.43 Å². The van der Waals surface area contributed by atoms with Gasteiger partial charge in [-0.3, -0.25) is 9.59 Å². The third kappa shape index (κ3) is 4.07. The summed E-state index contributed by atoms with van der Waals surface area (Å²) in [7, 11) is 0. The smallest absolute Gasteiger partial charge is 0.305 e. The number of amides is 1. The molecule has 1 heterocycles. The maximum Gasteiger partial charge on any atom is 0.305 e. The molecule has 1 aliphatic rings. The van der Waals surface area contributed by atoms with Crippen LogP contribution in [0.1, 0.15) is 12.0 Å². The van der Waals surface area contributed by atoms with Crippen molar-refractivity contribution < 1.29 is 14.7 Å². The Morgan fingerprint density at radius 2 is 2.20 bits per heavy atom. The van der Waals surface area contributed by atoms with Crippen molar-refractivity contribution in [3.05, 3.63) is 34.9 Å². The molecule has 1 aromatic carbocycles. The molecule has 1 unspecified atom stereocenters. The molecule has 1 aliphatic heterocycles. The normalized spacial score (nSPS) is 18.8. The van der Waals surface area contributed by atoms with Crippen LogP contribution in [0.2, 0.25) is 5.02 Å². The second-order valence-corrected chi connectivity index (χ2v) is 5.49. The lowest BCUT2D eigenvalue weighted by Gasteiger charge is -2.16. The van der Waals surface area contributed by atoms with Gasteiger partial charge in [-0.15, -0.1) is 5.10 Å². The van der Waals surface area contributed by atoms with E-state index in [1.54, 1.807) is 30.5 Å². The second kappa shape index (κ2) is 6.53.